The predicted octanol–water partition coefficient (Wildman–Crippen LogP) is 3.50. The van der Waals surface area contributed by atoms with Gasteiger partial charge >= 0.3 is 0 Å². The molecule has 20 heavy (non-hydrogen) atoms. The van der Waals surface area contributed by atoms with E-state index in [1.165, 1.54) is 6.07 Å². The molecule has 1 heterocycles. The van der Waals surface area contributed by atoms with Gasteiger partial charge in [0.2, 0.25) is 0 Å². The van der Waals surface area contributed by atoms with Crippen LogP contribution in [0.25, 0.3) is 0 Å². The number of aromatic nitrogens is 2. The Labute approximate surface area is 123 Å². The highest BCUT2D eigenvalue weighted by atomic mass is 35.5. The summed E-state index contributed by atoms with van der Waals surface area (Å²) in [4.78, 5) is 0. The Morgan fingerprint density at radius 1 is 1.40 bits per heavy atom. The molecule has 1 unspecified atom stereocenters. The van der Waals surface area contributed by atoms with Crippen molar-refractivity contribution in [3.8, 4) is 0 Å². The SMILES string of the molecule is CCCNC(Cc1ccccc1F)c1c(Cl)cnn1C. The first-order valence-electron chi connectivity index (χ1n) is 6.77. The van der Waals surface area contributed by atoms with Crippen LogP contribution < -0.4 is 5.32 Å². The van der Waals surface area contributed by atoms with Gasteiger partial charge in [0.25, 0.3) is 0 Å². The van der Waals surface area contributed by atoms with E-state index in [0.29, 0.717) is 17.0 Å². The maximum absolute atomic E-state index is 13.8. The number of rotatable bonds is 6. The molecule has 1 aromatic carbocycles. The van der Waals surface area contributed by atoms with Crippen LogP contribution in [0.2, 0.25) is 5.02 Å². The van der Waals surface area contributed by atoms with Crippen molar-refractivity contribution in [1.29, 1.82) is 0 Å². The zero-order valence-corrected chi connectivity index (χ0v) is 12.5. The molecule has 2 aromatic rings. The molecule has 0 aliphatic heterocycles. The Bertz CT molecular complexity index is 548. The van der Waals surface area contributed by atoms with Gasteiger partial charge in [-0.05, 0) is 31.0 Å². The second-order valence-corrected chi connectivity index (χ2v) is 5.21. The van der Waals surface area contributed by atoms with Gasteiger partial charge < -0.3 is 5.32 Å². The molecule has 5 heteroatoms. The average molecular weight is 296 g/mol. The summed E-state index contributed by atoms with van der Waals surface area (Å²) in [5, 5.41) is 8.19. The number of nitrogens with one attached hydrogen (secondary N) is 1. The molecular formula is C15H19ClFN3. The summed E-state index contributed by atoms with van der Waals surface area (Å²) in [6.07, 6.45) is 3.17. The molecule has 0 amide bonds. The topological polar surface area (TPSA) is 29.9 Å². The maximum Gasteiger partial charge on any atom is 0.126 e. The summed E-state index contributed by atoms with van der Waals surface area (Å²) in [6, 6.07) is 6.79. The van der Waals surface area contributed by atoms with E-state index in [0.717, 1.165) is 18.7 Å². The van der Waals surface area contributed by atoms with E-state index in [2.05, 4.69) is 17.3 Å². The Hall–Kier alpha value is -1.39. The van der Waals surface area contributed by atoms with Crippen LogP contribution in [0.5, 0.6) is 0 Å². The minimum atomic E-state index is -0.186. The Balaban J connectivity index is 2.27. The van der Waals surface area contributed by atoms with E-state index < -0.39 is 0 Å². The van der Waals surface area contributed by atoms with Crippen LogP contribution in [0, 0.1) is 5.82 Å². The zero-order chi connectivity index (χ0) is 14.5. The molecule has 2 rings (SSSR count). The monoisotopic (exact) mass is 295 g/mol. The summed E-state index contributed by atoms with van der Waals surface area (Å²) in [7, 11) is 1.85. The molecule has 3 nitrogen and oxygen atoms in total. The molecule has 1 N–H and O–H groups in total. The fraction of sp³-hybridized carbons (Fsp3) is 0.400. The number of benzene rings is 1. The smallest absolute Gasteiger partial charge is 0.126 e. The molecule has 0 fully saturated rings. The van der Waals surface area contributed by atoms with Crippen LogP contribution in [0.3, 0.4) is 0 Å². The van der Waals surface area contributed by atoms with Crippen molar-refractivity contribution in [3.05, 3.63) is 52.6 Å². The van der Waals surface area contributed by atoms with E-state index in [1.807, 2.05) is 13.1 Å². The second-order valence-electron chi connectivity index (χ2n) is 4.80. The normalized spacial score (nSPS) is 12.6. The minimum Gasteiger partial charge on any atom is -0.308 e. The Morgan fingerprint density at radius 2 is 2.15 bits per heavy atom. The molecule has 1 atom stereocenters. The first kappa shape index (κ1) is 15.0. The van der Waals surface area contributed by atoms with Gasteiger partial charge in [-0.15, -0.1) is 0 Å². The molecule has 0 aliphatic rings. The van der Waals surface area contributed by atoms with Crippen molar-refractivity contribution >= 4 is 11.6 Å². The van der Waals surface area contributed by atoms with E-state index in [9.17, 15) is 4.39 Å². The fourth-order valence-electron chi connectivity index (χ4n) is 2.28. The van der Waals surface area contributed by atoms with Crippen molar-refractivity contribution in [2.45, 2.75) is 25.8 Å². The van der Waals surface area contributed by atoms with Gasteiger partial charge in [0, 0.05) is 7.05 Å². The van der Waals surface area contributed by atoms with Crippen molar-refractivity contribution in [2.24, 2.45) is 7.05 Å². The van der Waals surface area contributed by atoms with Gasteiger partial charge in [0.05, 0.1) is 23.0 Å². The van der Waals surface area contributed by atoms with Gasteiger partial charge in [-0.2, -0.15) is 5.10 Å². The van der Waals surface area contributed by atoms with Gasteiger partial charge in [-0.3, -0.25) is 4.68 Å². The van der Waals surface area contributed by atoms with E-state index in [1.54, 1.807) is 23.0 Å². The quantitative estimate of drug-likeness (QED) is 0.884. The average Bonchev–Trinajstić information content (AvgIpc) is 2.76. The summed E-state index contributed by atoms with van der Waals surface area (Å²) in [6.45, 7) is 2.94. The Morgan fingerprint density at radius 3 is 2.75 bits per heavy atom. The highest BCUT2D eigenvalue weighted by molar-refractivity contribution is 6.31. The predicted molar refractivity (Wildman–Crippen MR) is 79.4 cm³/mol. The van der Waals surface area contributed by atoms with Crippen LogP contribution in [-0.2, 0) is 13.5 Å². The van der Waals surface area contributed by atoms with Crippen molar-refractivity contribution in [3.63, 3.8) is 0 Å². The summed E-state index contributed by atoms with van der Waals surface area (Å²) < 4.78 is 15.6. The molecule has 0 saturated carbocycles. The third-order valence-electron chi connectivity index (χ3n) is 3.29. The van der Waals surface area contributed by atoms with Crippen molar-refractivity contribution < 1.29 is 4.39 Å². The molecular weight excluding hydrogens is 277 g/mol. The molecule has 0 spiro atoms. The number of aryl methyl sites for hydroxylation is 1. The minimum absolute atomic E-state index is 0.0492. The third-order valence-corrected chi connectivity index (χ3v) is 3.58. The largest absolute Gasteiger partial charge is 0.308 e. The lowest BCUT2D eigenvalue weighted by atomic mass is 10.0. The van der Waals surface area contributed by atoms with E-state index in [4.69, 9.17) is 11.6 Å². The van der Waals surface area contributed by atoms with Crippen LogP contribution >= 0.6 is 11.6 Å². The van der Waals surface area contributed by atoms with Crippen LogP contribution in [0.4, 0.5) is 4.39 Å². The van der Waals surface area contributed by atoms with Gasteiger partial charge in [0.1, 0.15) is 5.82 Å². The van der Waals surface area contributed by atoms with Gasteiger partial charge in [-0.1, -0.05) is 36.7 Å². The van der Waals surface area contributed by atoms with E-state index >= 15 is 0 Å². The van der Waals surface area contributed by atoms with Crippen LogP contribution in [0.15, 0.2) is 30.5 Å². The summed E-state index contributed by atoms with van der Waals surface area (Å²) in [5.74, 6) is -0.186. The van der Waals surface area contributed by atoms with Crippen molar-refractivity contribution in [1.82, 2.24) is 15.1 Å². The molecule has 108 valence electrons. The maximum atomic E-state index is 13.8. The van der Waals surface area contributed by atoms with Crippen LogP contribution in [0.1, 0.15) is 30.6 Å². The first-order valence-corrected chi connectivity index (χ1v) is 7.15. The van der Waals surface area contributed by atoms with E-state index in [-0.39, 0.29) is 11.9 Å². The summed E-state index contributed by atoms with van der Waals surface area (Å²) in [5.41, 5.74) is 1.57. The third kappa shape index (κ3) is 3.38. The molecule has 1 aromatic heterocycles. The highest BCUT2D eigenvalue weighted by Gasteiger charge is 2.20. The highest BCUT2D eigenvalue weighted by Crippen LogP contribution is 2.26. The standard InChI is InChI=1S/C15H19ClFN3/c1-3-8-18-14(15-12(16)10-19-20(15)2)9-11-6-4-5-7-13(11)17/h4-7,10,14,18H,3,8-9H2,1-2H3. The number of halogens is 2. The number of nitrogens with zero attached hydrogens (tertiary/aromatic N) is 2. The second kappa shape index (κ2) is 6.86. The summed E-state index contributed by atoms with van der Waals surface area (Å²) >= 11 is 6.21. The molecule has 0 bridgehead atoms. The zero-order valence-electron chi connectivity index (χ0n) is 11.7. The van der Waals surface area contributed by atoms with Gasteiger partial charge in [-0.25, -0.2) is 4.39 Å². The number of hydrogen-bond donors (Lipinski definition) is 1. The lowest BCUT2D eigenvalue weighted by molar-refractivity contribution is 0.483. The molecule has 0 aliphatic carbocycles. The van der Waals surface area contributed by atoms with Gasteiger partial charge in [0.15, 0.2) is 0 Å². The first-order chi connectivity index (χ1) is 9.63. The lowest BCUT2D eigenvalue weighted by Gasteiger charge is -2.20. The molecule has 0 radical (unpaired) electrons. The number of hydrogen-bond acceptors (Lipinski definition) is 2. The van der Waals surface area contributed by atoms with Crippen molar-refractivity contribution in [2.75, 3.05) is 6.54 Å². The fourth-order valence-corrected chi connectivity index (χ4v) is 2.58. The van der Waals surface area contributed by atoms with Crippen LogP contribution in [-0.4, -0.2) is 16.3 Å². The Kier molecular flexibility index (Phi) is 5.15. The lowest BCUT2D eigenvalue weighted by Crippen LogP contribution is -2.26. The molecule has 0 saturated heterocycles.